The molecular formula is C16H20N2. The van der Waals surface area contributed by atoms with Crippen LogP contribution in [0.3, 0.4) is 0 Å². The molecule has 2 heteroatoms. The van der Waals surface area contributed by atoms with Crippen molar-refractivity contribution < 1.29 is 0 Å². The summed E-state index contributed by atoms with van der Waals surface area (Å²) in [4.78, 5) is 4.12. The van der Waals surface area contributed by atoms with E-state index in [1.165, 1.54) is 23.1 Å². The fourth-order valence-corrected chi connectivity index (χ4v) is 2.10. The fraction of sp³-hybridized carbons (Fsp3) is 0.312. The maximum absolute atomic E-state index is 5.75. The largest absolute Gasteiger partial charge is 0.326 e. The first-order valence-electron chi connectivity index (χ1n) is 6.49. The van der Waals surface area contributed by atoms with Crippen LogP contribution in [0, 0.1) is 0 Å². The molecular weight excluding hydrogens is 220 g/mol. The lowest BCUT2D eigenvalue weighted by Crippen LogP contribution is -1.99. The summed E-state index contributed by atoms with van der Waals surface area (Å²) < 4.78 is 0. The summed E-state index contributed by atoms with van der Waals surface area (Å²) in [6, 6.07) is 10.8. The third kappa shape index (κ3) is 2.59. The van der Waals surface area contributed by atoms with Crippen molar-refractivity contribution in [3.8, 4) is 11.1 Å². The molecule has 2 rings (SSSR count). The number of nitrogens with two attached hydrogens (primary N) is 1. The Labute approximate surface area is 109 Å². The van der Waals surface area contributed by atoms with Crippen LogP contribution in [0.5, 0.6) is 0 Å². The van der Waals surface area contributed by atoms with Gasteiger partial charge in [0.2, 0.25) is 0 Å². The number of hydrogen-bond acceptors (Lipinski definition) is 2. The molecule has 2 N–H and O–H groups in total. The van der Waals surface area contributed by atoms with Crippen molar-refractivity contribution in [1.82, 2.24) is 4.98 Å². The van der Waals surface area contributed by atoms with Gasteiger partial charge in [-0.2, -0.15) is 0 Å². The smallest absolute Gasteiger partial charge is 0.0318 e. The van der Waals surface area contributed by atoms with E-state index in [-0.39, 0.29) is 0 Å². The van der Waals surface area contributed by atoms with E-state index >= 15 is 0 Å². The lowest BCUT2D eigenvalue weighted by atomic mass is 9.95. The average molecular weight is 240 g/mol. The topological polar surface area (TPSA) is 38.9 Å². The average Bonchev–Trinajstić information content (AvgIpc) is 2.46. The molecule has 0 spiro atoms. The molecule has 2 aromatic rings. The normalized spacial score (nSPS) is 12.4. The molecule has 1 aromatic heterocycles. The number of rotatable bonds is 4. The molecule has 1 heterocycles. The second-order valence-corrected chi connectivity index (χ2v) is 4.67. The van der Waals surface area contributed by atoms with E-state index in [0.29, 0.717) is 12.5 Å². The molecule has 0 radical (unpaired) electrons. The van der Waals surface area contributed by atoms with Crippen molar-refractivity contribution in [1.29, 1.82) is 0 Å². The predicted octanol–water partition coefficient (Wildman–Crippen LogP) is 3.72. The van der Waals surface area contributed by atoms with Gasteiger partial charge in [0, 0.05) is 18.9 Å². The van der Waals surface area contributed by atoms with Gasteiger partial charge in [0.25, 0.3) is 0 Å². The van der Waals surface area contributed by atoms with E-state index < -0.39 is 0 Å². The summed E-state index contributed by atoms with van der Waals surface area (Å²) >= 11 is 0. The minimum Gasteiger partial charge on any atom is -0.326 e. The van der Waals surface area contributed by atoms with Crippen molar-refractivity contribution in [2.75, 3.05) is 0 Å². The Hall–Kier alpha value is -1.67. The van der Waals surface area contributed by atoms with Gasteiger partial charge >= 0.3 is 0 Å². The SMILES string of the molecule is CCC(C)c1ccc(-c2ccncc2CN)cc1. The Morgan fingerprint density at radius 2 is 1.89 bits per heavy atom. The first-order valence-corrected chi connectivity index (χ1v) is 6.49. The van der Waals surface area contributed by atoms with Crippen molar-refractivity contribution in [2.24, 2.45) is 5.73 Å². The molecule has 0 saturated heterocycles. The summed E-state index contributed by atoms with van der Waals surface area (Å²) in [6.07, 6.45) is 4.83. The Bertz CT molecular complexity index is 503. The summed E-state index contributed by atoms with van der Waals surface area (Å²) in [7, 11) is 0. The zero-order valence-electron chi connectivity index (χ0n) is 11.1. The minimum absolute atomic E-state index is 0.524. The van der Waals surface area contributed by atoms with Crippen LogP contribution in [-0.2, 0) is 6.54 Å². The van der Waals surface area contributed by atoms with Crippen molar-refractivity contribution >= 4 is 0 Å². The molecule has 1 unspecified atom stereocenters. The third-order valence-corrected chi connectivity index (χ3v) is 3.53. The lowest BCUT2D eigenvalue weighted by Gasteiger charge is -2.11. The fourth-order valence-electron chi connectivity index (χ4n) is 2.10. The second-order valence-electron chi connectivity index (χ2n) is 4.67. The van der Waals surface area contributed by atoms with Gasteiger partial charge in [-0.3, -0.25) is 4.98 Å². The molecule has 0 amide bonds. The van der Waals surface area contributed by atoms with Gasteiger partial charge in [0.05, 0.1) is 0 Å². The number of aromatic nitrogens is 1. The van der Waals surface area contributed by atoms with Crippen LogP contribution in [0.4, 0.5) is 0 Å². The van der Waals surface area contributed by atoms with Gasteiger partial charge in [-0.15, -0.1) is 0 Å². The van der Waals surface area contributed by atoms with Gasteiger partial charge in [-0.05, 0) is 40.7 Å². The Morgan fingerprint density at radius 3 is 2.50 bits per heavy atom. The highest BCUT2D eigenvalue weighted by Crippen LogP contribution is 2.26. The van der Waals surface area contributed by atoms with Crippen LogP contribution in [0.1, 0.15) is 37.3 Å². The zero-order valence-corrected chi connectivity index (χ0v) is 11.1. The molecule has 0 aliphatic heterocycles. The predicted molar refractivity (Wildman–Crippen MR) is 76.3 cm³/mol. The molecule has 1 aromatic carbocycles. The van der Waals surface area contributed by atoms with E-state index in [9.17, 15) is 0 Å². The molecule has 2 nitrogen and oxygen atoms in total. The van der Waals surface area contributed by atoms with E-state index in [4.69, 9.17) is 5.73 Å². The van der Waals surface area contributed by atoms with Crippen LogP contribution in [0.25, 0.3) is 11.1 Å². The first-order chi connectivity index (χ1) is 8.76. The van der Waals surface area contributed by atoms with Gasteiger partial charge in [-0.25, -0.2) is 0 Å². The van der Waals surface area contributed by atoms with Crippen LogP contribution >= 0.6 is 0 Å². The van der Waals surface area contributed by atoms with Gasteiger partial charge in [0.15, 0.2) is 0 Å². The van der Waals surface area contributed by atoms with E-state index in [1.807, 2.05) is 18.5 Å². The van der Waals surface area contributed by atoms with Crippen LogP contribution < -0.4 is 5.73 Å². The van der Waals surface area contributed by atoms with Gasteiger partial charge in [-0.1, -0.05) is 38.1 Å². The standard InChI is InChI=1S/C16H20N2/c1-3-12(2)13-4-6-14(7-5-13)16-8-9-18-11-15(16)10-17/h4-9,11-12H,3,10,17H2,1-2H3. The van der Waals surface area contributed by atoms with Gasteiger partial charge in [0.1, 0.15) is 0 Å². The number of benzene rings is 1. The molecule has 18 heavy (non-hydrogen) atoms. The van der Waals surface area contributed by atoms with Crippen molar-refractivity contribution in [3.05, 3.63) is 53.9 Å². The third-order valence-electron chi connectivity index (χ3n) is 3.53. The Morgan fingerprint density at radius 1 is 1.17 bits per heavy atom. The van der Waals surface area contributed by atoms with E-state index in [2.05, 4.69) is 43.1 Å². The summed E-state index contributed by atoms with van der Waals surface area (Å²) in [6.45, 7) is 5.00. The first kappa shape index (κ1) is 12.8. The molecule has 94 valence electrons. The zero-order chi connectivity index (χ0) is 13.0. The molecule has 0 bridgehead atoms. The highest BCUT2D eigenvalue weighted by molar-refractivity contribution is 5.67. The number of nitrogens with zero attached hydrogens (tertiary/aromatic N) is 1. The highest BCUT2D eigenvalue weighted by Gasteiger charge is 2.06. The van der Waals surface area contributed by atoms with Crippen molar-refractivity contribution in [2.45, 2.75) is 32.7 Å². The minimum atomic E-state index is 0.524. The molecule has 0 aliphatic carbocycles. The summed E-state index contributed by atoms with van der Waals surface area (Å²) in [5, 5.41) is 0. The maximum atomic E-state index is 5.75. The molecule has 0 saturated carbocycles. The Balaban J connectivity index is 2.34. The lowest BCUT2D eigenvalue weighted by molar-refractivity contribution is 0.734. The van der Waals surface area contributed by atoms with E-state index in [0.717, 1.165) is 5.56 Å². The molecule has 1 atom stereocenters. The van der Waals surface area contributed by atoms with Crippen molar-refractivity contribution in [3.63, 3.8) is 0 Å². The Kier molecular flexibility index (Phi) is 4.11. The monoisotopic (exact) mass is 240 g/mol. The van der Waals surface area contributed by atoms with Crippen LogP contribution in [-0.4, -0.2) is 4.98 Å². The molecule has 0 aliphatic rings. The number of pyridine rings is 1. The summed E-state index contributed by atoms with van der Waals surface area (Å²) in [5.41, 5.74) is 10.6. The molecule has 0 fully saturated rings. The van der Waals surface area contributed by atoms with Crippen LogP contribution in [0.15, 0.2) is 42.7 Å². The summed E-state index contributed by atoms with van der Waals surface area (Å²) in [5.74, 6) is 0.616. The quantitative estimate of drug-likeness (QED) is 0.884. The number of hydrogen-bond donors (Lipinski definition) is 1. The maximum Gasteiger partial charge on any atom is 0.0318 e. The van der Waals surface area contributed by atoms with Gasteiger partial charge < -0.3 is 5.73 Å². The highest BCUT2D eigenvalue weighted by atomic mass is 14.6. The van der Waals surface area contributed by atoms with Crippen LogP contribution in [0.2, 0.25) is 0 Å². The second kappa shape index (κ2) is 5.78. The van der Waals surface area contributed by atoms with E-state index in [1.54, 1.807) is 0 Å².